The van der Waals surface area contributed by atoms with E-state index in [1.165, 1.54) is 22.2 Å². The molecule has 0 aliphatic carbocycles. The van der Waals surface area contributed by atoms with Crippen molar-refractivity contribution in [1.29, 1.82) is 0 Å². The van der Waals surface area contributed by atoms with Gasteiger partial charge in [0, 0.05) is 20.0 Å². The number of halogens is 1. The van der Waals surface area contributed by atoms with Gasteiger partial charge in [-0.3, -0.25) is 9.24 Å². The van der Waals surface area contributed by atoms with Gasteiger partial charge in [0.2, 0.25) is 0 Å². The number of urea groups is 1. The van der Waals surface area contributed by atoms with Gasteiger partial charge in [0.05, 0.1) is 6.61 Å². The number of hydrogen-bond acceptors (Lipinski definition) is 3. The van der Waals surface area contributed by atoms with E-state index in [0.717, 1.165) is 18.4 Å². The molecule has 1 saturated heterocycles. The van der Waals surface area contributed by atoms with Crippen LogP contribution < -0.4 is 0 Å². The molecule has 22 heavy (non-hydrogen) atoms. The Morgan fingerprint density at radius 1 is 1.36 bits per heavy atom. The second-order valence-electron chi connectivity index (χ2n) is 5.75. The van der Waals surface area contributed by atoms with Crippen LogP contribution in [-0.2, 0) is 9.09 Å². The summed E-state index contributed by atoms with van der Waals surface area (Å²) < 4.78 is 19.8. The van der Waals surface area contributed by atoms with Gasteiger partial charge in [-0.25, -0.2) is 4.79 Å². The Kier molecular flexibility index (Phi) is 7.17. The first-order chi connectivity index (χ1) is 10.2. The van der Waals surface area contributed by atoms with Gasteiger partial charge in [-0.1, -0.05) is 23.3 Å². The van der Waals surface area contributed by atoms with Crippen LogP contribution in [0.2, 0.25) is 0 Å². The van der Waals surface area contributed by atoms with E-state index in [1.807, 2.05) is 13.0 Å². The summed E-state index contributed by atoms with van der Waals surface area (Å²) in [6.07, 6.45) is 5.84. The third kappa shape index (κ3) is 4.37. The zero-order valence-electron chi connectivity index (χ0n) is 14.0. The monoisotopic (exact) mass is 348 g/mol. The van der Waals surface area contributed by atoms with E-state index in [9.17, 15) is 9.36 Å². The predicted molar refractivity (Wildman–Crippen MR) is 91.4 cm³/mol. The van der Waals surface area contributed by atoms with E-state index < -0.39 is 13.3 Å². The molecule has 7 heteroatoms. The summed E-state index contributed by atoms with van der Waals surface area (Å²) >= 11 is 5.63. The molecule has 1 aliphatic rings. The molecule has 2 unspecified atom stereocenters. The van der Waals surface area contributed by atoms with Gasteiger partial charge < -0.3 is 9.42 Å². The fourth-order valence-corrected chi connectivity index (χ4v) is 4.90. The molecule has 0 aromatic rings. The lowest BCUT2D eigenvalue weighted by atomic mass is 10.1. The maximum atomic E-state index is 13.1. The van der Waals surface area contributed by atoms with E-state index in [2.05, 4.69) is 19.9 Å². The lowest BCUT2D eigenvalue weighted by Crippen LogP contribution is -2.29. The zero-order chi connectivity index (χ0) is 16.9. The summed E-state index contributed by atoms with van der Waals surface area (Å²) in [5, 5.41) is 0. The molecule has 1 heterocycles. The number of amides is 2. The average Bonchev–Trinajstić information content (AvgIpc) is 2.61. The van der Waals surface area contributed by atoms with Crippen molar-refractivity contribution in [3.05, 3.63) is 23.3 Å². The Morgan fingerprint density at radius 2 is 2.00 bits per heavy atom. The van der Waals surface area contributed by atoms with E-state index in [0.29, 0.717) is 0 Å². The average molecular weight is 349 g/mol. The van der Waals surface area contributed by atoms with Crippen molar-refractivity contribution in [2.45, 2.75) is 39.4 Å². The maximum Gasteiger partial charge on any atom is 0.327 e. The minimum absolute atomic E-state index is 0.158. The van der Waals surface area contributed by atoms with Gasteiger partial charge in [-0.05, 0) is 33.6 Å². The van der Waals surface area contributed by atoms with Crippen molar-refractivity contribution in [2.75, 3.05) is 26.6 Å². The van der Waals surface area contributed by atoms with Gasteiger partial charge in [0.15, 0.2) is 0 Å². The van der Waals surface area contributed by atoms with Crippen LogP contribution in [-0.4, -0.2) is 48.0 Å². The van der Waals surface area contributed by atoms with Crippen molar-refractivity contribution in [1.82, 2.24) is 9.57 Å². The molecule has 0 saturated carbocycles. The third-order valence-electron chi connectivity index (χ3n) is 3.61. The number of alkyl halides is 1. The molecular formula is C15H26ClN2O3P. The molecule has 1 rings (SSSR count). The fourth-order valence-electron chi connectivity index (χ4n) is 2.32. The molecule has 0 spiro atoms. The van der Waals surface area contributed by atoms with Crippen LogP contribution >= 0.6 is 19.1 Å². The van der Waals surface area contributed by atoms with E-state index in [1.54, 1.807) is 7.05 Å². The highest BCUT2D eigenvalue weighted by molar-refractivity contribution is 7.58. The normalized spacial score (nSPS) is 25.8. The standard InChI is InChI=1S/C15H26ClN2O3P/c1-12(2)7-6-8-13(3)11-14-17(4)15(19)18(5)22(14,20)21-10-9-16/h7,11,14H,6,8-10H2,1-5H3/b13-11+. The maximum absolute atomic E-state index is 13.1. The number of carbonyl (C=O) groups is 1. The molecule has 0 radical (unpaired) electrons. The highest BCUT2D eigenvalue weighted by Crippen LogP contribution is 2.60. The first kappa shape index (κ1) is 19.3. The molecule has 0 bridgehead atoms. The van der Waals surface area contributed by atoms with Gasteiger partial charge in [-0.15, -0.1) is 11.6 Å². The van der Waals surface area contributed by atoms with Crippen molar-refractivity contribution < 1.29 is 13.9 Å². The van der Waals surface area contributed by atoms with Gasteiger partial charge in [0.25, 0.3) is 0 Å². The van der Waals surface area contributed by atoms with Crippen molar-refractivity contribution >= 4 is 25.2 Å². The van der Waals surface area contributed by atoms with Crippen molar-refractivity contribution in [3.63, 3.8) is 0 Å². The van der Waals surface area contributed by atoms with Gasteiger partial charge >= 0.3 is 13.6 Å². The Balaban J connectivity index is 2.94. The van der Waals surface area contributed by atoms with Gasteiger partial charge in [0.1, 0.15) is 5.78 Å². The topological polar surface area (TPSA) is 49.9 Å². The van der Waals surface area contributed by atoms with E-state index in [-0.39, 0.29) is 18.5 Å². The third-order valence-corrected chi connectivity index (χ3v) is 6.48. The van der Waals surface area contributed by atoms with E-state index in [4.69, 9.17) is 16.1 Å². The molecule has 0 aromatic heterocycles. The molecule has 1 aliphatic heterocycles. The molecule has 2 amide bonds. The number of likely N-dealkylation sites (N-methyl/N-ethyl adjacent to an activating group) is 1. The van der Waals surface area contributed by atoms with E-state index >= 15 is 0 Å². The van der Waals surface area contributed by atoms with Crippen LogP contribution in [0, 0.1) is 0 Å². The number of nitrogens with zero attached hydrogens (tertiary/aromatic N) is 2. The zero-order valence-corrected chi connectivity index (χ0v) is 15.7. The molecule has 0 aromatic carbocycles. The van der Waals surface area contributed by atoms with Crippen molar-refractivity contribution in [3.8, 4) is 0 Å². The summed E-state index contributed by atoms with van der Waals surface area (Å²) in [4.78, 5) is 13.6. The lowest BCUT2D eigenvalue weighted by molar-refractivity contribution is 0.205. The summed E-state index contributed by atoms with van der Waals surface area (Å²) in [5.74, 6) is -0.314. The van der Waals surface area contributed by atoms with Crippen molar-refractivity contribution in [2.24, 2.45) is 0 Å². The molecule has 5 nitrogen and oxygen atoms in total. The highest BCUT2D eigenvalue weighted by Gasteiger charge is 2.51. The Hall–Kier alpha value is -0.770. The van der Waals surface area contributed by atoms with Gasteiger partial charge in [-0.2, -0.15) is 0 Å². The first-order valence-electron chi connectivity index (χ1n) is 7.36. The first-order valence-corrected chi connectivity index (χ1v) is 9.54. The minimum Gasteiger partial charge on any atom is -0.310 e. The Bertz CT molecular complexity index is 515. The lowest BCUT2D eigenvalue weighted by Gasteiger charge is -2.23. The smallest absolute Gasteiger partial charge is 0.310 e. The molecule has 0 N–H and O–H groups in total. The number of allylic oxidation sites excluding steroid dienone is 3. The minimum atomic E-state index is -3.27. The van der Waals surface area contributed by atoms with Crippen LogP contribution in [0.5, 0.6) is 0 Å². The second kappa shape index (κ2) is 8.19. The quantitative estimate of drug-likeness (QED) is 0.388. The van der Waals surface area contributed by atoms with Crippen LogP contribution in [0.1, 0.15) is 33.6 Å². The Labute approximate surface area is 138 Å². The predicted octanol–water partition coefficient (Wildman–Crippen LogP) is 4.45. The second-order valence-corrected chi connectivity index (χ2v) is 8.64. The van der Waals surface area contributed by atoms with Crippen LogP contribution in [0.3, 0.4) is 0 Å². The summed E-state index contributed by atoms with van der Waals surface area (Å²) in [5.41, 5.74) is 2.36. The summed E-state index contributed by atoms with van der Waals surface area (Å²) in [6.45, 7) is 6.27. The van der Waals surface area contributed by atoms with Crippen LogP contribution in [0.4, 0.5) is 4.79 Å². The molecular weight excluding hydrogens is 323 g/mol. The van der Waals surface area contributed by atoms with Crippen LogP contribution in [0.15, 0.2) is 23.3 Å². The summed E-state index contributed by atoms with van der Waals surface area (Å²) in [7, 11) is -0.112. The molecule has 1 fully saturated rings. The largest absolute Gasteiger partial charge is 0.327 e. The number of rotatable bonds is 7. The van der Waals surface area contributed by atoms with Crippen LogP contribution in [0.25, 0.3) is 0 Å². The summed E-state index contributed by atoms with van der Waals surface area (Å²) in [6, 6.07) is -0.295. The number of carbonyl (C=O) groups excluding carboxylic acids is 1. The number of hydrogen-bond donors (Lipinski definition) is 0. The fraction of sp³-hybridized carbons (Fsp3) is 0.667. The molecule has 126 valence electrons. The SMILES string of the molecule is CC(C)=CCC/C(C)=C/C1N(C)C(=O)N(C)P1(=O)OCCCl. The highest BCUT2D eigenvalue weighted by atomic mass is 35.5. The Morgan fingerprint density at radius 3 is 2.55 bits per heavy atom. The molecule has 2 atom stereocenters.